The van der Waals surface area contributed by atoms with E-state index in [0.717, 1.165) is 27.8 Å². The zero-order valence-corrected chi connectivity index (χ0v) is 22.3. The van der Waals surface area contributed by atoms with Gasteiger partial charge >= 0.3 is 12.1 Å². The Balaban J connectivity index is 1.29. The number of ether oxygens (including phenoxy) is 2. The summed E-state index contributed by atoms with van der Waals surface area (Å²) in [6, 6.07) is 23.5. The summed E-state index contributed by atoms with van der Waals surface area (Å²) >= 11 is 1.36. The fourth-order valence-corrected chi connectivity index (χ4v) is 6.24. The molecule has 1 aliphatic carbocycles. The zero-order chi connectivity index (χ0) is 27.4. The van der Waals surface area contributed by atoms with Crippen LogP contribution in [0.5, 0.6) is 0 Å². The Morgan fingerprint density at radius 3 is 2.23 bits per heavy atom. The van der Waals surface area contributed by atoms with E-state index in [1.165, 1.54) is 16.7 Å². The third-order valence-electron chi connectivity index (χ3n) is 7.16. The Hall–Kier alpha value is -3.82. The average Bonchev–Trinajstić information content (AvgIpc) is 3.57. The number of carboxylic acids is 1. The van der Waals surface area contributed by atoms with Gasteiger partial charge in [-0.3, -0.25) is 4.79 Å². The predicted octanol–water partition coefficient (Wildman–Crippen LogP) is 4.49. The lowest BCUT2D eigenvalue weighted by Crippen LogP contribution is -2.56. The first kappa shape index (κ1) is 26.8. The number of thioether (sulfide) groups is 1. The molecule has 1 heterocycles. The van der Waals surface area contributed by atoms with Crippen LogP contribution in [0.25, 0.3) is 11.1 Å². The number of amides is 2. The van der Waals surface area contributed by atoms with E-state index in [9.17, 15) is 19.5 Å². The fraction of sp³-hybridized carbons (Fsp3) is 0.300. The highest BCUT2D eigenvalue weighted by Crippen LogP contribution is 2.44. The van der Waals surface area contributed by atoms with Crippen LogP contribution in [0, 0.1) is 0 Å². The van der Waals surface area contributed by atoms with Gasteiger partial charge in [0.05, 0.1) is 18.6 Å². The number of hydrogen-bond acceptors (Lipinski definition) is 6. The Labute approximate surface area is 231 Å². The molecule has 2 aliphatic rings. The summed E-state index contributed by atoms with van der Waals surface area (Å²) in [5, 5.41) is 12.3. The molecular formula is C30H30N2O6S. The van der Waals surface area contributed by atoms with Crippen molar-refractivity contribution in [1.82, 2.24) is 10.2 Å². The van der Waals surface area contributed by atoms with Gasteiger partial charge in [-0.1, -0.05) is 78.9 Å². The van der Waals surface area contributed by atoms with Crippen molar-refractivity contribution in [2.24, 2.45) is 0 Å². The van der Waals surface area contributed by atoms with Crippen molar-refractivity contribution in [3.05, 3.63) is 95.6 Å². The molecule has 2 N–H and O–H groups in total. The standard InChI is InChI=1S/C30H30N2O6S/c1-19(37-15-20-9-3-2-4-10-20)27(28(33)32-18-39-17-26(32)29(34)35)31-30(36)38-16-25-23-13-7-5-11-21(23)22-12-6-8-14-24(22)25/h2-14,19,25-27H,15-18H2,1H3,(H,31,36)(H,34,35)/t19-,26?,27+/m0/s1. The number of rotatable bonds is 9. The number of nitrogens with zero attached hydrogens (tertiary/aromatic N) is 1. The molecule has 0 aromatic heterocycles. The molecule has 9 heteroatoms. The molecular weight excluding hydrogens is 516 g/mol. The molecule has 1 unspecified atom stereocenters. The molecule has 0 saturated carbocycles. The van der Waals surface area contributed by atoms with E-state index >= 15 is 0 Å². The van der Waals surface area contributed by atoms with Crippen LogP contribution in [-0.4, -0.2) is 64.4 Å². The van der Waals surface area contributed by atoms with Crippen molar-refractivity contribution < 1.29 is 29.0 Å². The maximum absolute atomic E-state index is 13.5. The highest BCUT2D eigenvalue weighted by molar-refractivity contribution is 7.99. The van der Waals surface area contributed by atoms with Crippen molar-refractivity contribution in [2.75, 3.05) is 18.2 Å². The number of alkyl carbamates (subject to hydrolysis) is 1. The van der Waals surface area contributed by atoms with Crippen LogP contribution in [0.3, 0.4) is 0 Å². The van der Waals surface area contributed by atoms with Crippen molar-refractivity contribution in [2.45, 2.75) is 37.6 Å². The number of hydrogen-bond donors (Lipinski definition) is 2. The lowest BCUT2D eigenvalue weighted by molar-refractivity contribution is -0.150. The first-order valence-electron chi connectivity index (χ1n) is 12.8. The Morgan fingerprint density at radius 2 is 1.59 bits per heavy atom. The molecule has 5 rings (SSSR count). The third kappa shape index (κ3) is 5.79. The SMILES string of the molecule is C[C@H](OCc1ccccc1)[C@@H](NC(=O)OCC1c2ccccc2-c2ccccc21)C(=O)N1CSCC1C(=O)O. The fourth-order valence-electron chi connectivity index (χ4n) is 5.09. The topological polar surface area (TPSA) is 105 Å². The number of carboxylic acid groups (broad SMARTS) is 1. The van der Waals surface area contributed by atoms with Crippen LogP contribution in [-0.2, 0) is 25.7 Å². The van der Waals surface area contributed by atoms with Gasteiger partial charge in [0.2, 0.25) is 5.91 Å². The van der Waals surface area contributed by atoms with E-state index in [4.69, 9.17) is 9.47 Å². The molecule has 0 bridgehead atoms. The number of carbonyl (C=O) groups is 3. The van der Waals surface area contributed by atoms with Gasteiger partial charge in [-0.2, -0.15) is 0 Å². The normalized spacial score (nSPS) is 17.7. The molecule has 2 amide bonds. The maximum Gasteiger partial charge on any atom is 0.407 e. The summed E-state index contributed by atoms with van der Waals surface area (Å²) in [4.78, 5) is 39.6. The van der Waals surface area contributed by atoms with E-state index in [0.29, 0.717) is 0 Å². The summed E-state index contributed by atoms with van der Waals surface area (Å²) < 4.78 is 11.6. The Kier molecular flexibility index (Phi) is 8.18. The van der Waals surface area contributed by atoms with Crippen LogP contribution < -0.4 is 5.32 Å². The number of carbonyl (C=O) groups excluding carboxylic acids is 2. The number of benzene rings is 3. The smallest absolute Gasteiger partial charge is 0.407 e. The highest BCUT2D eigenvalue weighted by atomic mass is 32.2. The van der Waals surface area contributed by atoms with Crippen LogP contribution in [0.2, 0.25) is 0 Å². The second-order valence-electron chi connectivity index (χ2n) is 9.61. The van der Waals surface area contributed by atoms with E-state index in [-0.39, 0.29) is 30.8 Å². The Bertz CT molecular complexity index is 1300. The zero-order valence-electron chi connectivity index (χ0n) is 21.5. The quantitative estimate of drug-likeness (QED) is 0.408. The molecule has 8 nitrogen and oxygen atoms in total. The first-order chi connectivity index (χ1) is 18.9. The highest BCUT2D eigenvalue weighted by Gasteiger charge is 2.40. The van der Waals surface area contributed by atoms with Crippen LogP contribution in [0.15, 0.2) is 78.9 Å². The molecule has 1 aliphatic heterocycles. The van der Waals surface area contributed by atoms with E-state index in [1.807, 2.05) is 66.7 Å². The van der Waals surface area contributed by atoms with Crippen LogP contribution in [0.1, 0.15) is 29.5 Å². The van der Waals surface area contributed by atoms with Crippen molar-refractivity contribution in [3.63, 3.8) is 0 Å². The summed E-state index contributed by atoms with van der Waals surface area (Å²) in [6.07, 6.45) is -1.50. The van der Waals surface area contributed by atoms with Gasteiger partial charge in [0.15, 0.2) is 0 Å². The lowest BCUT2D eigenvalue weighted by atomic mass is 9.98. The minimum Gasteiger partial charge on any atom is -0.480 e. The average molecular weight is 547 g/mol. The monoisotopic (exact) mass is 546 g/mol. The maximum atomic E-state index is 13.5. The van der Waals surface area contributed by atoms with Gasteiger partial charge in [0.1, 0.15) is 18.7 Å². The summed E-state index contributed by atoms with van der Waals surface area (Å²) in [5.41, 5.74) is 5.31. The molecule has 1 fully saturated rings. The minimum atomic E-state index is -1.12. The van der Waals surface area contributed by atoms with Crippen molar-refractivity contribution in [1.29, 1.82) is 0 Å². The summed E-state index contributed by atoms with van der Waals surface area (Å²) in [5.74, 6) is -1.20. The van der Waals surface area contributed by atoms with Crippen molar-refractivity contribution >= 4 is 29.7 Å². The molecule has 3 aromatic carbocycles. The van der Waals surface area contributed by atoms with Gasteiger partial charge < -0.3 is 24.8 Å². The molecule has 202 valence electrons. The van der Waals surface area contributed by atoms with E-state index < -0.39 is 36.2 Å². The Morgan fingerprint density at radius 1 is 0.974 bits per heavy atom. The van der Waals surface area contributed by atoms with Crippen LogP contribution in [0.4, 0.5) is 4.79 Å². The lowest BCUT2D eigenvalue weighted by Gasteiger charge is -2.30. The molecule has 3 atom stereocenters. The van der Waals surface area contributed by atoms with Gasteiger partial charge in [-0.25, -0.2) is 9.59 Å². The van der Waals surface area contributed by atoms with Gasteiger partial charge in [0, 0.05) is 11.7 Å². The molecule has 3 aromatic rings. The number of fused-ring (bicyclic) bond motifs is 3. The second kappa shape index (κ2) is 11.9. The van der Waals surface area contributed by atoms with Gasteiger partial charge in [0.25, 0.3) is 0 Å². The molecule has 0 spiro atoms. The van der Waals surface area contributed by atoms with Crippen LogP contribution >= 0.6 is 11.8 Å². The second-order valence-corrected chi connectivity index (χ2v) is 10.6. The molecule has 0 radical (unpaired) electrons. The van der Waals surface area contributed by atoms with E-state index in [1.54, 1.807) is 6.92 Å². The molecule has 39 heavy (non-hydrogen) atoms. The van der Waals surface area contributed by atoms with Gasteiger partial charge in [-0.05, 0) is 34.7 Å². The predicted molar refractivity (Wildman–Crippen MR) is 148 cm³/mol. The van der Waals surface area contributed by atoms with Crippen molar-refractivity contribution in [3.8, 4) is 11.1 Å². The number of aliphatic carboxylic acids is 1. The summed E-state index contributed by atoms with van der Waals surface area (Å²) in [6.45, 7) is 2.01. The number of nitrogens with one attached hydrogen (secondary N) is 1. The largest absolute Gasteiger partial charge is 0.480 e. The van der Waals surface area contributed by atoms with E-state index in [2.05, 4.69) is 17.4 Å². The first-order valence-corrected chi connectivity index (χ1v) is 14.0. The summed E-state index contributed by atoms with van der Waals surface area (Å²) in [7, 11) is 0. The third-order valence-corrected chi connectivity index (χ3v) is 8.17. The minimum absolute atomic E-state index is 0.0946. The van der Waals surface area contributed by atoms with Gasteiger partial charge in [-0.15, -0.1) is 11.8 Å². The molecule has 1 saturated heterocycles.